The Kier molecular flexibility index (Phi) is 5.29. The Balaban J connectivity index is 1.58. The fourth-order valence-corrected chi connectivity index (χ4v) is 2.71. The van der Waals surface area contributed by atoms with Crippen LogP contribution in [0.5, 0.6) is 5.75 Å². The molecule has 1 fully saturated rings. The lowest BCUT2D eigenvalue weighted by atomic mass is 10.2. The minimum absolute atomic E-state index is 0.0712. The summed E-state index contributed by atoms with van der Waals surface area (Å²) < 4.78 is 51.0. The van der Waals surface area contributed by atoms with E-state index in [1.54, 1.807) is 4.68 Å². The monoisotopic (exact) mass is 355 g/mol. The van der Waals surface area contributed by atoms with E-state index in [1.807, 2.05) is 13.1 Å². The van der Waals surface area contributed by atoms with E-state index in [-0.39, 0.29) is 18.5 Å². The van der Waals surface area contributed by atoms with E-state index >= 15 is 0 Å². The second-order valence-electron chi connectivity index (χ2n) is 5.87. The van der Waals surface area contributed by atoms with Gasteiger partial charge in [0.15, 0.2) is 0 Å². The molecule has 0 bridgehead atoms. The van der Waals surface area contributed by atoms with Gasteiger partial charge >= 0.3 is 6.18 Å². The molecule has 8 heteroatoms. The van der Waals surface area contributed by atoms with E-state index in [1.165, 1.54) is 12.1 Å². The zero-order valence-corrected chi connectivity index (χ0v) is 13.8. The van der Waals surface area contributed by atoms with Gasteiger partial charge in [-0.15, -0.1) is 0 Å². The van der Waals surface area contributed by atoms with E-state index in [4.69, 9.17) is 9.47 Å². The van der Waals surface area contributed by atoms with E-state index in [0.717, 1.165) is 36.6 Å². The van der Waals surface area contributed by atoms with Crippen LogP contribution in [-0.2, 0) is 24.4 Å². The molecular formula is C17H20F3N3O2. The molecule has 25 heavy (non-hydrogen) atoms. The minimum atomic E-state index is -4.37. The van der Waals surface area contributed by atoms with Crippen LogP contribution in [-0.4, -0.2) is 36.1 Å². The summed E-state index contributed by atoms with van der Waals surface area (Å²) in [7, 11) is 1.83. The molecule has 1 aliphatic heterocycles. The van der Waals surface area contributed by atoms with Gasteiger partial charge < -0.3 is 14.8 Å². The maximum atomic E-state index is 12.7. The van der Waals surface area contributed by atoms with Crippen LogP contribution >= 0.6 is 0 Å². The summed E-state index contributed by atoms with van der Waals surface area (Å²) in [6.45, 7) is 2.47. The lowest BCUT2D eigenvalue weighted by Gasteiger charge is -2.21. The molecule has 0 aliphatic carbocycles. The third-order valence-corrected chi connectivity index (χ3v) is 4.04. The summed E-state index contributed by atoms with van der Waals surface area (Å²) >= 11 is 0. The van der Waals surface area contributed by atoms with Gasteiger partial charge in [0.05, 0.1) is 24.5 Å². The second kappa shape index (κ2) is 7.45. The summed E-state index contributed by atoms with van der Waals surface area (Å²) in [4.78, 5) is 0. The molecule has 0 radical (unpaired) electrons. The number of rotatable bonds is 5. The maximum Gasteiger partial charge on any atom is 0.416 e. The Hall–Kier alpha value is -2.06. The quantitative estimate of drug-likeness (QED) is 0.896. The van der Waals surface area contributed by atoms with Crippen molar-refractivity contribution in [3.05, 3.63) is 47.3 Å². The van der Waals surface area contributed by atoms with E-state index in [2.05, 4.69) is 10.4 Å². The zero-order valence-electron chi connectivity index (χ0n) is 13.8. The first-order valence-electron chi connectivity index (χ1n) is 8.08. The molecule has 1 aromatic carbocycles. The van der Waals surface area contributed by atoms with Gasteiger partial charge in [-0.2, -0.15) is 18.3 Å². The summed E-state index contributed by atoms with van der Waals surface area (Å²) in [5.41, 5.74) is 1.08. The minimum Gasteiger partial charge on any atom is -0.493 e. The number of halogens is 3. The molecule has 0 amide bonds. The van der Waals surface area contributed by atoms with Crippen molar-refractivity contribution in [3.8, 4) is 5.75 Å². The fourth-order valence-electron chi connectivity index (χ4n) is 2.71. The van der Waals surface area contributed by atoms with Crippen LogP contribution in [0.25, 0.3) is 0 Å². The van der Waals surface area contributed by atoms with Crippen LogP contribution < -0.4 is 10.1 Å². The van der Waals surface area contributed by atoms with Crippen LogP contribution in [0.1, 0.15) is 23.1 Å². The van der Waals surface area contributed by atoms with Gasteiger partial charge in [0, 0.05) is 32.3 Å². The summed E-state index contributed by atoms with van der Waals surface area (Å²) in [5.74, 6) is 0.206. The van der Waals surface area contributed by atoms with E-state index in [0.29, 0.717) is 13.0 Å². The number of aromatic nitrogens is 2. The third kappa shape index (κ3) is 4.52. The highest BCUT2D eigenvalue weighted by atomic mass is 19.4. The molecule has 1 N–H and O–H groups in total. The fraction of sp³-hybridized carbons (Fsp3) is 0.471. The normalized spacial score (nSPS) is 18.3. The average Bonchev–Trinajstić information content (AvgIpc) is 2.96. The molecule has 1 aromatic heterocycles. The molecule has 0 saturated carbocycles. The average molecular weight is 355 g/mol. The molecule has 136 valence electrons. The predicted octanol–water partition coefficient (Wildman–Crippen LogP) is 2.72. The molecule has 1 unspecified atom stereocenters. The number of alkyl halides is 3. The summed E-state index contributed by atoms with van der Waals surface area (Å²) in [6, 6.07) is 6.85. The molecule has 1 saturated heterocycles. The number of benzene rings is 1. The lowest BCUT2D eigenvalue weighted by Crippen LogP contribution is -2.33. The first kappa shape index (κ1) is 17.8. The van der Waals surface area contributed by atoms with Crippen LogP contribution in [0.4, 0.5) is 13.2 Å². The van der Waals surface area contributed by atoms with Crippen molar-refractivity contribution in [2.75, 3.05) is 26.3 Å². The SMILES string of the molecule is Cn1nc(C2CNCCO2)cc1CCOc1cccc(C(F)(F)F)c1. The molecule has 5 nitrogen and oxygen atoms in total. The maximum absolute atomic E-state index is 12.7. The van der Waals surface area contributed by atoms with Gasteiger partial charge in [-0.25, -0.2) is 0 Å². The Bertz CT molecular complexity index is 709. The molecule has 0 spiro atoms. The van der Waals surface area contributed by atoms with Crippen molar-refractivity contribution in [1.82, 2.24) is 15.1 Å². The molecule has 1 aliphatic rings. The largest absolute Gasteiger partial charge is 0.493 e. The van der Waals surface area contributed by atoms with Crippen molar-refractivity contribution in [2.24, 2.45) is 7.05 Å². The van der Waals surface area contributed by atoms with Crippen molar-refractivity contribution >= 4 is 0 Å². The molecule has 2 heterocycles. The van der Waals surface area contributed by atoms with E-state index in [9.17, 15) is 13.2 Å². The number of morpholine rings is 1. The summed E-state index contributed by atoms with van der Waals surface area (Å²) in [6.07, 6.45) is -3.90. The smallest absolute Gasteiger partial charge is 0.416 e. The zero-order chi connectivity index (χ0) is 17.9. The highest BCUT2D eigenvalue weighted by Gasteiger charge is 2.30. The molecular weight excluding hydrogens is 335 g/mol. The standard InChI is InChI=1S/C17H20F3N3O2/c1-23-13(10-15(22-23)16-11-21-6-8-25-16)5-7-24-14-4-2-3-12(9-14)17(18,19)20/h2-4,9-10,16,21H,5-8,11H2,1H3. The van der Waals surface area contributed by atoms with Gasteiger partial charge in [-0.1, -0.05) is 6.07 Å². The van der Waals surface area contributed by atoms with Crippen molar-refractivity contribution in [2.45, 2.75) is 18.7 Å². The summed E-state index contributed by atoms with van der Waals surface area (Å²) in [5, 5.41) is 7.71. The number of aryl methyl sites for hydroxylation is 1. The van der Waals surface area contributed by atoms with E-state index < -0.39 is 11.7 Å². The van der Waals surface area contributed by atoms with Gasteiger partial charge in [0.1, 0.15) is 11.9 Å². The number of nitrogens with zero attached hydrogens (tertiary/aromatic N) is 2. The highest BCUT2D eigenvalue weighted by molar-refractivity contribution is 5.30. The lowest BCUT2D eigenvalue weighted by molar-refractivity contribution is -0.137. The van der Waals surface area contributed by atoms with Crippen molar-refractivity contribution < 1.29 is 22.6 Å². The number of hydrogen-bond acceptors (Lipinski definition) is 4. The Labute approximate surface area is 143 Å². The van der Waals surface area contributed by atoms with Crippen LogP contribution in [0.15, 0.2) is 30.3 Å². The topological polar surface area (TPSA) is 48.3 Å². The first-order valence-corrected chi connectivity index (χ1v) is 8.08. The van der Waals surface area contributed by atoms with Crippen molar-refractivity contribution in [1.29, 1.82) is 0 Å². The number of nitrogens with one attached hydrogen (secondary N) is 1. The van der Waals surface area contributed by atoms with Gasteiger partial charge in [0.2, 0.25) is 0 Å². The molecule has 2 aromatic rings. The van der Waals surface area contributed by atoms with Crippen LogP contribution in [0, 0.1) is 0 Å². The Morgan fingerprint density at radius 1 is 1.36 bits per heavy atom. The van der Waals surface area contributed by atoms with Crippen LogP contribution in [0.2, 0.25) is 0 Å². The van der Waals surface area contributed by atoms with Crippen LogP contribution in [0.3, 0.4) is 0 Å². The predicted molar refractivity (Wildman–Crippen MR) is 85.4 cm³/mol. The van der Waals surface area contributed by atoms with Gasteiger partial charge in [-0.3, -0.25) is 4.68 Å². The Morgan fingerprint density at radius 2 is 2.20 bits per heavy atom. The number of hydrogen-bond donors (Lipinski definition) is 1. The Morgan fingerprint density at radius 3 is 2.92 bits per heavy atom. The van der Waals surface area contributed by atoms with Crippen molar-refractivity contribution in [3.63, 3.8) is 0 Å². The molecule has 1 atom stereocenters. The molecule has 3 rings (SSSR count). The number of ether oxygens (including phenoxy) is 2. The first-order chi connectivity index (χ1) is 11.9. The van der Waals surface area contributed by atoms with Gasteiger partial charge in [0.25, 0.3) is 0 Å². The second-order valence-corrected chi connectivity index (χ2v) is 5.87. The van der Waals surface area contributed by atoms with Gasteiger partial charge in [-0.05, 0) is 24.3 Å². The third-order valence-electron chi connectivity index (χ3n) is 4.04. The highest BCUT2D eigenvalue weighted by Crippen LogP contribution is 2.31.